The van der Waals surface area contributed by atoms with E-state index in [4.69, 9.17) is 4.42 Å². The fourth-order valence-electron chi connectivity index (χ4n) is 3.14. The molecule has 0 amide bonds. The van der Waals surface area contributed by atoms with Gasteiger partial charge in [-0.05, 0) is 43.5 Å². The highest BCUT2D eigenvalue weighted by Crippen LogP contribution is 2.33. The summed E-state index contributed by atoms with van der Waals surface area (Å²) < 4.78 is 5.36. The Hall–Kier alpha value is -2.82. The van der Waals surface area contributed by atoms with Gasteiger partial charge in [0.05, 0.1) is 12.8 Å². The third-order valence-electron chi connectivity index (χ3n) is 4.24. The number of aromatic nitrogens is 2. The van der Waals surface area contributed by atoms with Crippen LogP contribution < -0.4 is 10.2 Å². The van der Waals surface area contributed by atoms with Gasteiger partial charge in [-0.2, -0.15) is 0 Å². The molecule has 1 aromatic carbocycles. The SMILES string of the molecule is Cc1nc(NCc2ccco2)cc(N2CCCc3ccccc32)n1. The summed E-state index contributed by atoms with van der Waals surface area (Å²) in [4.78, 5) is 11.4. The van der Waals surface area contributed by atoms with Gasteiger partial charge in [-0.3, -0.25) is 0 Å². The minimum Gasteiger partial charge on any atom is -0.467 e. The topological polar surface area (TPSA) is 54.2 Å². The number of rotatable bonds is 4. The normalized spacial score (nSPS) is 13.6. The van der Waals surface area contributed by atoms with E-state index in [1.807, 2.05) is 25.1 Å². The minimum atomic E-state index is 0.611. The maximum absolute atomic E-state index is 5.36. The van der Waals surface area contributed by atoms with Crippen LogP contribution in [0.5, 0.6) is 0 Å². The first-order chi connectivity index (χ1) is 11.8. The Bertz CT molecular complexity index is 829. The van der Waals surface area contributed by atoms with E-state index >= 15 is 0 Å². The van der Waals surface area contributed by atoms with Gasteiger partial charge in [-0.1, -0.05) is 18.2 Å². The van der Waals surface area contributed by atoms with Crippen LogP contribution in [0.3, 0.4) is 0 Å². The van der Waals surface area contributed by atoms with Crippen LogP contribution >= 0.6 is 0 Å². The number of anilines is 3. The predicted molar refractivity (Wildman–Crippen MR) is 94.6 cm³/mol. The van der Waals surface area contributed by atoms with E-state index in [1.165, 1.54) is 11.3 Å². The Morgan fingerprint density at radius 2 is 2.08 bits per heavy atom. The van der Waals surface area contributed by atoms with E-state index < -0.39 is 0 Å². The summed E-state index contributed by atoms with van der Waals surface area (Å²) in [5.41, 5.74) is 2.63. The van der Waals surface area contributed by atoms with Crippen LogP contribution in [0.25, 0.3) is 0 Å². The third kappa shape index (κ3) is 2.97. The predicted octanol–water partition coefficient (Wildman–Crippen LogP) is 4.07. The lowest BCUT2D eigenvalue weighted by atomic mass is 10.0. The highest BCUT2D eigenvalue weighted by atomic mass is 16.3. The monoisotopic (exact) mass is 320 g/mol. The van der Waals surface area contributed by atoms with Crippen LogP contribution in [0.2, 0.25) is 0 Å². The third-order valence-corrected chi connectivity index (χ3v) is 4.24. The molecule has 0 aliphatic carbocycles. The second kappa shape index (κ2) is 6.35. The molecule has 0 radical (unpaired) electrons. The fourth-order valence-corrected chi connectivity index (χ4v) is 3.14. The second-order valence-electron chi connectivity index (χ2n) is 5.98. The summed E-state index contributed by atoms with van der Waals surface area (Å²) in [5.74, 6) is 3.40. The Morgan fingerprint density at radius 1 is 1.17 bits per heavy atom. The van der Waals surface area contributed by atoms with Crippen molar-refractivity contribution in [1.29, 1.82) is 0 Å². The number of para-hydroxylation sites is 1. The Morgan fingerprint density at radius 3 is 2.96 bits per heavy atom. The van der Waals surface area contributed by atoms with Gasteiger partial charge in [0, 0.05) is 18.3 Å². The second-order valence-corrected chi connectivity index (χ2v) is 5.98. The van der Waals surface area contributed by atoms with E-state index in [2.05, 4.69) is 44.5 Å². The minimum absolute atomic E-state index is 0.611. The number of aryl methyl sites for hydroxylation is 2. The van der Waals surface area contributed by atoms with Crippen molar-refractivity contribution in [2.45, 2.75) is 26.3 Å². The van der Waals surface area contributed by atoms with Crippen LogP contribution in [0, 0.1) is 6.92 Å². The number of hydrogen-bond acceptors (Lipinski definition) is 5. The van der Waals surface area contributed by atoms with Crippen LogP contribution in [-0.4, -0.2) is 16.5 Å². The molecular weight excluding hydrogens is 300 g/mol. The molecule has 0 atom stereocenters. The van der Waals surface area contributed by atoms with Gasteiger partial charge >= 0.3 is 0 Å². The summed E-state index contributed by atoms with van der Waals surface area (Å²) in [7, 11) is 0. The summed E-state index contributed by atoms with van der Waals surface area (Å²) in [6.45, 7) is 3.52. The quantitative estimate of drug-likeness (QED) is 0.785. The molecule has 3 heterocycles. The fraction of sp³-hybridized carbons (Fsp3) is 0.263. The van der Waals surface area contributed by atoms with Gasteiger partial charge in [0.15, 0.2) is 0 Å². The van der Waals surface area contributed by atoms with Crippen molar-refractivity contribution in [3.63, 3.8) is 0 Å². The summed E-state index contributed by atoms with van der Waals surface area (Å²) >= 11 is 0. The number of furan rings is 1. The van der Waals surface area contributed by atoms with Gasteiger partial charge in [-0.25, -0.2) is 9.97 Å². The zero-order valence-corrected chi connectivity index (χ0v) is 13.7. The molecule has 5 heteroatoms. The standard InChI is InChI=1S/C19H20N4O/c1-14-21-18(20-13-16-8-5-11-24-16)12-19(22-14)23-10-4-7-15-6-2-3-9-17(15)23/h2-3,5-6,8-9,11-12H,4,7,10,13H2,1H3,(H,20,21,22). The molecule has 2 aromatic heterocycles. The van der Waals surface area contributed by atoms with Crippen molar-refractivity contribution in [3.05, 3.63) is 65.9 Å². The molecule has 0 unspecified atom stereocenters. The lowest BCUT2D eigenvalue weighted by molar-refractivity contribution is 0.517. The number of nitrogens with zero attached hydrogens (tertiary/aromatic N) is 3. The summed E-state index contributed by atoms with van der Waals surface area (Å²) in [6, 6.07) is 14.4. The average Bonchev–Trinajstić information content (AvgIpc) is 3.12. The molecular formula is C19H20N4O. The summed E-state index contributed by atoms with van der Waals surface area (Å²) in [6.07, 6.45) is 3.94. The van der Waals surface area contributed by atoms with Crippen LogP contribution in [0.4, 0.5) is 17.3 Å². The van der Waals surface area contributed by atoms with Crippen molar-refractivity contribution in [1.82, 2.24) is 9.97 Å². The Kier molecular flexibility index (Phi) is 3.91. The molecule has 5 nitrogen and oxygen atoms in total. The van der Waals surface area contributed by atoms with Crippen molar-refractivity contribution in [3.8, 4) is 0 Å². The van der Waals surface area contributed by atoms with Crippen molar-refractivity contribution in [2.75, 3.05) is 16.8 Å². The Balaban J connectivity index is 1.62. The summed E-state index contributed by atoms with van der Waals surface area (Å²) in [5, 5.41) is 3.32. The molecule has 0 saturated heterocycles. The van der Waals surface area contributed by atoms with Crippen LogP contribution in [0.15, 0.2) is 53.1 Å². The number of nitrogens with one attached hydrogen (secondary N) is 1. The zero-order chi connectivity index (χ0) is 16.4. The lowest BCUT2D eigenvalue weighted by Gasteiger charge is -2.30. The first kappa shape index (κ1) is 14.8. The molecule has 0 saturated carbocycles. The number of hydrogen-bond donors (Lipinski definition) is 1. The van der Waals surface area contributed by atoms with Gasteiger partial charge in [-0.15, -0.1) is 0 Å². The first-order valence-electron chi connectivity index (χ1n) is 8.27. The van der Waals surface area contributed by atoms with Crippen molar-refractivity contribution < 1.29 is 4.42 Å². The molecule has 1 aliphatic rings. The molecule has 24 heavy (non-hydrogen) atoms. The van der Waals surface area contributed by atoms with Crippen molar-refractivity contribution >= 4 is 17.3 Å². The average molecular weight is 320 g/mol. The molecule has 3 aromatic rings. The largest absolute Gasteiger partial charge is 0.467 e. The van der Waals surface area contributed by atoms with E-state index in [0.29, 0.717) is 6.54 Å². The highest BCUT2D eigenvalue weighted by Gasteiger charge is 2.19. The molecule has 1 N–H and O–H groups in total. The highest BCUT2D eigenvalue weighted by molar-refractivity contribution is 5.67. The lowest BCUT2D eigenvalue weighted by Crippen LogP contribution is -2.25. The first-order valence-corrected chi connectivity index (χ1v) is 8.27. The molecule has 1 aliphatic heterocycles. The Labute approximate surface area is 141 Å². The van der Waals surface area contributed by atoms with Gasteiger partial charge in [0.1, 0.15) is 23.2 Å². The maximum atomic E-state index is 5.36. The molecule has 122 valence electrons. The van der Waals surface area contributed by atoms with Gasteiger partial charge < -0.3 is 14.6 Å². The maximum Gasteiger partial charge on any atom is 0.138 e. The number of fused-ring (bicyclic) bond motifs is 1. The smallest absolute Gasteiger partial charge is 0.138 e. The zero-order valence-electron chi connectivity index (χ0n) is 13.7. The molecule has 0 bridgehead atoms. The molecule has 0 fully saturated rings. The van der Waals surface area contributed by atoms with E-state index in [0.717, 1.165) is 42.6 Å². The van der Waals surface area contributed by atoms with E-state index in [-0.39, 0.29) is 0 Å². The number of benzene rings is 1. The van der Waals surface area contributed by atoms with Crippen LogP contribution in [-0.2, 0) is 13.0 Å². The van der Waals surface area contributed by atoms with Crippen LogP contribution in [0.1, 0.15) is 23.6 Å². The molecule has 0 spiro atoms. The van der Waals surface area contributed by atoms with Gasteiger partial charge in [0.2, 0.25) is 0 Å². The molecule has 4 rings (SSSR count). The van der Waals surface area contributed by atoms with Crippen molar-refractivity contribution in [2.24, 2.45) is 0 Å². The van der Waals surface area contributed by atoms with E-state index in [1.54, 1.807) is 6.26 Å². The van der Waals surface area contributed by atoms with Gasteiger partial charge in [0.25, 0.3) is 0 Å². The van der Waals surface area contributed by atoms with E-state index in [9.17, 15) is 0 Å².